The Balaban J connectivity index is 3.47. The fraction of sp³-hybridized carbons (Fsp3) is 1.00. The molecule has 0 aliphatic carbocycles. The molecule has 0 bridgehead atoms. The average Bonchev–Trinajstić information content (AvgIpc) is 1.62. The van der Waals surface area contributed by atoms with Crippen LogP contribution < -0.4 is 5.73 Å². The van der Waals surface area contributed by atoms with Crippen LogP contribution in [0.5, 0.6) is 0 Å². The van der Waals surface area contributed by atoms with Crippen molar-refractivity contribution in [2.75, 3.05) is 5.75 Å². The third-order valence-electron chi connectivity index (χ3n) is 1.11. The fourth-order valence-electron chi connectivity index (χ4n) is 0.851. The van der Waals surface area contributed by atoms with Gasteiger partial charge in [-0.05, 0) is 11.8 Å². The van der Waals surface area contributed by atoms with Gasteiger partial charge in [0.05, 0.1) is 0 Å². The molecule has 0 heterocycles. The number of hydrogen-bond donors (Lipinski definition) is 2. The maximum absolute atomic E-state index is 5.68. The van der Waals surface area contributed by atoms with Gasteiger partial charge in [-0.2, -0.15) is 12.6 Å². The Morgan fingerprint density at radius 2 is 1.89 bits per heavy atom. The van der Waals surface area contributed by atoms with Crippen LogP contribution in [0.2, 0.25) is 0 Å². The van der Waals surface area contributed by atoms with Crippen LogP contribution in [-0.4, -0.2) is 11.8 Å². The molecule has 9 heavy (non-hydrogen) atoms. The van der Waals surface area contributed by atoms with Crippen molar-refractivity contribution in [3.05, 3.63) is 0 Å². The summed E-state index contributed by atoms with van der Waals surface area (Å²) in [5, 5.41) is 0. The highest BCUT2D eigenvalue weighted by Crippen LogP contribution is 2.19. The van der Waals surface area contributed by atoms with Crippen molar-refractivity contribution in [1.82, 2.24) is 0 Å². The molecule has 0 aromatic rings. The molecule has 0 rings (SSSR count). The van der Waals surface area contributed by atoms with Crippen molar-refractivity contribution in [2.45, 2.75) is 33.2 Å². The van der Waals surface area contributed by atoms with Gasteiger partial charge in [-0.25, -0.2) is 0 Å². The molecule has 0 aromatic carbocycles. The SMILES string of the molecule is CC(C)(C)CC(N)CS. The first kappa shape index (κ1) is 9.31. The molecular weight excluding hydrogens is 130 g/mol. The summed E-state index contributed by atoms with van der Waals surface area (Å²) in [5.74, 6) is 0.789. The first-order chi connectivity index (χ1) is 3.95. The minimum absolute atomic E-state index is 0.258. The number of rotatable bonds is 2. The van der Waals surface area contributed by atoms with Crippen LogP contribution in [-0.2, 0) is 0 Å². The number of thiol groups is 1. The Hall–Kier alpha value is 0.310. The third-order valence-corrected chi connectivity index (χ3v) is 1.58. The minimum Gasteiger partial charge on any atom is -0.327 e. The van der Waals surface area contributed by atoms with Crippen LogP contribution in [0.25, 0.3) is 0 Å². The van der Waals surface area contributed by atoms with Gasteiger partial charge in [0, 0.05) is 11.8 Å². The zero-order chi connectivity index (χ0) is 7.49. The molecule has 0 saturated heterocycles. The highest BCUT2D eigenvalue weighted by atomic mass is 32.1. The molecular formula is C7H17NS. The van der Waals surface area contributed by atoms with Crippen molar-refractivity contribution in [2.24, 2.45) is 11.1 Å². The van der Waals surface area contributed by atoms with E-state index in [4.69, 9.17) is 5.73 Å². The molecule has 0 aliphatic rings. The van der Waals surface area contributed by atoms with E-state index in [0.29, 0.717) is 5.41 Å². The van der Waals surface area contributed by atoms with E-state index in [0.717, 1.165) is 12.2 Å². The van der Waals surface area contributed by atoms with Crippen LogP contribution >= 0.6 is 12.6 Å². The van der Waals surface area contributed by atoms with Gasteiger partial charge in [0.2, 0.25) is 0 Å². The Labute approximate surface area is 63.4 Å². The molecule has 0 spiro atoms. The van der Waals surface area contributed by atoms with Crippen molar-refractivity contribution in [3.8, 4) is 0 Å². The van der Waals surface area contributed by atoms with Gasteiger partial charge in [0.1, 0.15) is 0 Å². The average molecular weight is 147 g/mol. The highest BCUT2D eigenvalue weighted by Gasteiger charge is 2.13. The van der Waals surface area contributed by atoms with Crippen molar-refractivity contribution < 1.29 is 0 Å². The molecule has 1 nitrogen and oxygen atoms in total. The van der Waals surface area contributed by atoms with E-state index in [9.17, 15) is 0 Å². The molecule has 0 amide bonds. The molecule has 2 heteroatoms. The summed E-state index contributed by atoms with van der Waals surface area (Å²) in [5.41, 5.74) is 6.03. The van der Waals surface area contributed by atoms with Gasteiger partial charge >= 0.3 is 0 Å². The van der Waals surface area contributed by atoms with E-state index in [1.807, 2.05) is 0 Å². The smallest absolute Gasteiger partial charge is 0.0132 e. The minimum atomic E-state index is 0.258. The Kier molecular flexibility index (Phi) is 3.59. The van der Waals surface area contributed by atoms with Gasteiger partial charge in [-0.1, -0.05) is 20.8 Å². The first-order valence-electron chi connectivity index (χ1n) is 3.32. The van der Waals surface area contributed by atoms with Gasteiger partial charge in [-0.3, -0.25) is 0 Å². The van der Waals surface area contributed by atoms with E-state index in [2.05, 4.69) is 33.4 Å². The topological polar surface area (TPSA) is 26.0 Å². The molecule has 56 valence electrons. The normalized spacial score (nSPS) is 15.7. The largest absolute Gasteiger partial charge is 0.327 e. The van der Waals surface area contributed by atoms with Crippen LogP contribution in [0, 0.1) is 5.41 Å². The summed E-state index contributed by atoms with van der Waals surface area (Å²) in [4.78, 5) is 0. The van der Waals surface area contributed by atoms with Gasteiger partial charge < -0.3 is 5.73 Å². The fourth-order valence-corrected chi connectivity index (χ4v) is 0.980. The lowest BCUT2D eigenvalue weighted by Gasteiger charge is -2.21. The zero-order valence-corrected chi connectivity index (χ0v) is 7.41. The molecule has 2 N–H and O–H groups in total. The van der Waals surface area contributed by atoms with Crippen LogP contribution in [0.4, 0.5) is 0 Å². The van der Waals surface area contributed by atoms with Crippen molar-refractivity contribution in [3.63, 3.8) is 0 Å². The summed E-state index contributed by atoms with van der Waals surface area (Å²) in [6.45, 7) is 6.57. The van der Waals surface area contributed by atoms with E-state index in [1.165, 1.54) is 0 Å². The second-order valence-electron chi connectivity index (χ2n) is 3.71. The van der Waals surface area contributed by atoms with E-state index in [-0.39, 0.29) is 6.04 Å². The predicted molar refractivity (Wildman–Crippen MR) is 45.9 cm³/mol. The second-order valence-corrected chi connectivity index (χ2v) is 4.07. The molecule has 0 aromatic heterocycles. The summed E-state index contributed by atoms with van der Waals surface area (Å²) in [7, 11) is 0. The Morgan fingerprint density at radius 3 is 2.00 bits per heavy atom. The van der Waals surface area contributed by atoms with Crippen LogP contribution in [0.15, 0.2) is 0 Å². The maximum Gasteiger partial charge on any atom is 0.0132 e. The molecule has 0 fully saturated rings. The molecule has 0 saturated carbocycles. The number of nitrogens with two attached hydrogens (primary N) is 1. The zero-order valence-electron chi connectivity index (χ0n) is 6.52. The molecule has 1 unspecified atom stereocenters. The van der Waals surface area contributed by atoms with Crippen LogP contribution in [0.1, 0.15) is 27.2 Å². The maximum atomic E-state index is 5.68. The van der Waals surface area contributed by atoms with Crippen LogP contribution in [0.3, 0.4) is 0 Å². The van der Waals surface area contributed by atoms with Crippen molar-refractivity contribution in [1.29, 1.82) is 0 Å². The monoisotopic (exact) mass is 147 g/mol. The van der Waals surface area contributed by atoms with Gasteiger partial charge in [0.25, 0.3) is 0 Å². The molecule has 0 radical (unpaired) electrons. The van der Waals surface area contributed by atoms with E-state index < -0.39 is 0 Å². The van der Waals surface area contributed by atoms with Crippen molar-refractivity contribution >= 4 is 12.6 Å². The van der Waals surface area contributed by atoms with E-state index >= 15 is 0 Å². The summed E-state index contributed by atoms with van der Waals surface area (Å²) < 4.78 is 0. The van der Waals surface area contributed by atoms with E-state index in [1.54, 1.807) is 0 Å². The predicted octanol–water partition coefficient (Wildman–Crippen LogP) is 1.68. The summed E-state index contributed by atoms with van der Waals surface area (Å²) >= 11 is 4.10. The summed E-state index contributed by atoms with van der Waals surface area (Å²) in [6, 6.07) is 0.258. The first-order valence-corrected chi connectivity index (χ1v) is 3.95. The number of hydrogen-bond acceptors (Lipinski definition) is 2. The van der Waals surface area contributed by atoms with Gasteiger partial charge in [0.15, 0.2) is 0 Å². The summed E-state index contributed by atoms with van der Waals surface area (Å²) in [6.07, 6.45) is 1.05. The third kappa shape index (κ3) is 6.19. The Bertz CT molecular complexity index is 75.5. The highest BCUT2D eigenvalue weighted by molar-refractivity contribution is 7.80. The van der Waals surface area contributed by atoms with Gasteiger partial charge in [-0.15, -0.1) is 0 Å². The Morgan fingerprint density at radius 1 is 1.44 bits per heavy atom. The lowest BCUT2D eigenvalue weighted by Crippen LogP contribution is -2.27. The molecule has 0 aliphatic heterocycles. The standard InChI is InChI=1S/C7H17NS/c1-7(2,3)4-6(8)5-9/h6,9H,4-5,8H2,1-3H3. The lowest BCUT2D eigenvalue weighted by molar-refractivity contribution is 0.351. The lowest BCUT2D eigenvalue weighted by atomic mass is 9.89. The molecule has 1 atom stereocenters. The second kappa shape index (κ2) is 3.47. The quantitative estimate of drug-likeness (QED) is 0.571.